The van der Waals surface area contributed by atoms with Crippen LogP contribution in [0.3, 0.4) is 0 Å². The van der Waals surface area contributed by atoms with Gasteiger partial charge >= 0.3 is 0 Å². The van der Waals surface area contributed by atoms with Crippen molar-refractivity contribution in [1.29, 1.82) is 0 Å². The molecule has 0 bridgehead atoms. The van der Waals surface area contributed by atoms with E-state index < -0.39 is 0 Å². The van der Waals surface area contributed by atoms with E-state index in [0.717, 1.165) is 4.47 Å². The van der Waals surface area contributed by atoms with Crippen LogP contribution in [0.25, 0.3) is 69.9 Å². The van der Waals surface area contributed by atoms with Gasteiger partial charge in [0.1, 0.15) is 0 Å². The van der Waals surface area contributed by atoms with Crippen LogP contribution in [0.4, 0.5) is 0 Å². The number of nitrogens with zero attached hydrogens (tertiary/aromatic N) is 1. The van der Waals surface area contributed by atoms with E-state index in [1.54, 1.807) is 0 Å². The lowest BCUT2D eigenvalue weighted by Crippen LogP contribution is -1.94. The molecular formula is C36H22BrNS. The molecule has 0 unspecified atom stereocenters. The highest BCUT2D eigenvalue weighted by atomic mass is 79.9. The Morgan fingerprint density at radius 2 is 1.10 bits per heavy atom. The first-order chi connectivity index (χ1) is 19.2. The van der Waals surface area contributed by atoms with Crippen LogP contribution in [0.1, 0.15) is 0 Å². The summed E-state index contributed by atoms with van der Waals surface area (Å²) in [5.74, 6) is 0. The number of rotatable bonds is 3. The van der Waals surface area contributed by atoms with Crippen molar-refractivity contribution >= 4 is 69.2 Å². The summed E-state index contributed by atoms with van der Waals surface area (Å²) in [7, 11) is 0. The van der Waals surface area contributed by atoms with Crippen molar-refractivity contribution in [3.63, 3.8) is 0 Å². The van der Waals surface area contributed by atoms with Crippen molar-refractivity contribution in [3.05, 3.63) is 138 Å². The Balaban J connectivity index is 1.40. The molecule has 39 heavy (non-hydrogen) atoms. The fourth-order valence-corrected chi connectivity index (χ4v) is 7.42. The predicted molar refractivity (Wildman–Crippen MR) is 172 cm³/mol. The second-order valence-electron chi connectivity index (χ2n) is 9.92. The molecule has 1 nitrogen and oxygen atoms in total. The van der Waals surface area contributed by atoms with Crippen LogP contribution in [0.2, 0.25) is 0 Å². The summed E-state index contributed by atoms with van der Waals surface area (Å²) in [6, 6.07) is 48.5. The Bertz CT molecular complexity index is 2200. The third-order valence-corrected chi connectivity index (χ3v) is 9.28. The SMILES string of the molecule is Brc1cccc(-c2cccc(-c3ccc4c5ccccc5n(-c5cccc6sc7ccccc7c56)c4c3)c2)c1. The molecule has 0 aliphatic heterocycles. The molecule has 0 spiro atoms. The Morgan fingerprint density at radius 3 is 1.95 bits per heavy atom. The van der Waals surface area contributed by atoms with Crippen molar-refractivity contribution in [2.75, 3.05) is 0 Å². The molecule has 0 radical (unpaired) electrons. The summed E-state index contributed by atoms with van der Waals surface area (Å²) in [5, 5.41) is 5.19. The number of benzene rings is 6. The number of halogens is 1. The molecule has 0 fully saturated rings. The summed E-state index contributed by atoms with van der Waals surface area (Å²) in [6.45, 7) is 0. The minimum Gasteiger partial charge on any atom is -0.309 e. The molecule has 2 heterocycles. The van der Waals surface area contributed by atoms with Gasteiger partial charge < -0.3 is 4.57 Å². The monoisotopic (exact) mass is 579 g/mol. The highest BCUT2D eigenvalue weighted by molar-refractivity contribution is 9.10. The minimum absolute atomic E-state index is 1.09. The lowest BCUT2D eigenvalue weighted by Gasteiger charge is -2.12. The summed E-state index contributed by atoms with van der Waals surface area (Å²) >= 11 is 5.49. The van der Waals surface area contributed by atoms with E-state index in [-0.39, 0.29) is 0 Å². The van der Waals surface area contributed by atoms with Gasteiger partial charge in [0.25, 0.3) is 0 Å². The Morgan fingerprint density at radius 1 is 0.462 bits per heavy atom. The van der Waals surface area contributed by atoms with Gasteiger partial charge in [0, 0.05) is 35.4 Å². The average molecular weight is 581 g/mol. The summed E-state index contributed by atoms with van der Waals surface area (Å²) in [4.78, 5) is 0. The van der Waals surface area contributed by atoms with Crippen molar-refractivity contribution in [3.8, 4) is 27.9 Å². The fourth-order valence-electron chi connectivity index (χ4n) is 5.90. The maximum atomic E-state index is 3.62. The van der Waals surface area contributed by atoms with E-state index in [1.807, 2.05) is 11.3 Å². The molecule has 2 aromatic heterocycles. The highest BCUT2D eigenvalue weighted by Crippen LogP contribution is 2.41. The number of aromatic nitrogens is 1. The van der Waals surface area contributed by atoms with Crippen molar-refractivity contribution in [1.82, 2.24) is 4.57 Å². The number of para-hydroxylation sites is 1. The largest absolute Gasteiger partial charge is 0.309 e. The molecule has 0 saturated carbocycles. The highest BCUT2D eigenvalue weighted by Gasteiger charge is 2.17. The Kier molecular flexibility index (Phi) is 5.22. The molecule has 184 valence electrons. The Hall–Kier alpha value is -4.18. The number of hydrogen-bond donors (Lipinski definition) is 0. The van der Waals surface area contributed by atoms with E-state index in [9.17, 15) is 0 Å². The summed E-state index contributed by atoms with van der Waals surface area (Å²) < 4.78 is 6.20. The van der Waals surface area contributed by atoms with Crippen molar-refractivity contribution < 1.29 is 0 Å². The van der Waals surface area contributed by atoms with Crippen molar-refractivity contribution in [2.24, 2.45) is 0 Å². The summed E-state index contributed by atoms with van der Waals surface area (Å²) in [6.07, 6.45) is 0. The van der Waals surface area contributed by atoms with Gasteiger partial charge in [-0.05, 0) is 70.8 Å². The van der Waals surface area contributed by atoms with Crippen LogP contribution in [-0.2, 0) is 0 Å². The first kappa shape index (κ1) is 22.8. The van der Waals surface area contributed by atoms with E-state index in [0.29, 0.717) is 0 Å². The molecular weight excluding hydrogens is 558 g/mol. The van der Waals surface area contributed by atoms with Gasteiger partial charge in [-0.2, -0.15) is 0 Å². The van der Waals surface area contributed by atoms with Crippen LogP contribution in [0.15, 0.2) is 138 Å². The van der Waals surface area contributed by atoms with Gasteiger partial charge in [-0.1, -0.05) is 101 Å². The first-order valence-corrected chi connectivity index (χ1v) is 14.7. The standard InChI is InChI=1S/C36H22BrNS/c37-27-11-6-10-25(21-27)23-8-5-9-24(20-23)26-18-19-29-28-12-1-3-14-31(28)38(33(29)22-26)32-15-7-17-35-36(32)30-13-2-4-16-34(30)39-35/h1-22H. The summed E-state index contributed by atoms with van der Waals surface area (Å²) in [5.41, 5.74) is 8.54. The van der Waals surface area contributed by atoms with Gasteiger partial charge in [-0.25, -0.2) is 0 Å². The Labute approximate surface area is 238 Å². The topological polar surface area (TPSA) is 4.93 Å². The lowest BCUT2D eigenvalue weighted by molar-refractivity contribution is 1.20. The third kappa shape index (κ3) is 3.65. The predicted octanol–water partition coefficient (Wildman–Crippen LogP) is 11.2. The van der Waals surface area contributed by atoms with Gasteiger partial charge in [-0.15, -0.1) is 11.3 Å². The normalized spacial score (nSPS) is 11.7. The van der Waals surface area contributed by atoms with E-state index in [1.165, 1.54) is 69.9 Å². The van der Waals surface area contributed by atoms with Gasteiger partial charge in [0.05, 0.1) is 16.7 Å². The fraction of sp³-hybridized carbons (Fsp3) is 0. The second kappa shape index (κ2) is 8.94. The first-order valence-electron chi connectivity index (χ1n) is 13.0. The zero-order valence-corrected chi connectivity index (χ0v) is 23.3. The van der Waals surface area contributed by atoms with Crippen LogP contribution in [-0.4, -0.2) is 4.57 Å². The van der Waals surface area contributed by atoms with Crippen LogP contribution >= 0.6 is 27.3 Å². The van der Waals surface area contributed by atoms with Gasteiger partial charge in [0.15, 0.2) is 0 Å². The maximum absolute atomic E-state index is 3.62. The molecule has 0 atom stereocenters. The molecule has 8 aromatic rings. The molecule has 0 saturated heterocycles. The molecule has 6 aromatic carbocycles. The zero-order chi connectivity index (χ0) is 25.9. The number of fused-ring (bicyclic) bond motifs is 6. The van der Waals surface area contributed by atoms with E-state index in [2.05, 4.69) is 154 Å². The van der Waals surface area contributed by atoms with Gasteiger partial charge in [0.2, 0.25) is 0 Å². The van der Waals surface area contributed by atoms with E-state index >= 15 is 0 Å². The number of hydrogen-bond acceptors (Lipinski definition) is 1. The minimum atomic E-state index is 1.09. The molecule has 8 rings (SSSR count). The number of thiophene rings is 1. The molecule has 0 aliphatic carbocycles. The second-order valence-corrected chi connectivity index (χ2v) is 11.9. The molecule has 0 aliphatic rings. The van der Waals surface area contributed by atoms with Crippen LogP contribution in [0.5, 0.6) is 0 Å². The van der Waals surface area contributed by atoms with Crippen LogP contribution in [0, 0.1) is 0 Å². The molecule has 3 heteroatoms. The zero-order valence-electron chi connectivity index (χ0n) is 20.9. The molecule has 0 amide bonds. The van der Waals surface area contributed by atoms with Gasteiger partial charge in [-0.3, -0.25) is 0 Å². The molecule has 0 N–H and O–H groups in total. The maximum Gasteiger partial charge on any atom is 0.0555 e. The van der Waals surface area contributed by atoms with Crippen LogP contribution < -0.4 is 0 Å². The third-order valence-electron chi connectivity index (χ3n) is 7.65. The van der Waals surface area contributed by atoms with E-state index in [4.69, 9.17) is 0 Å². The average Bonchev–Trinajstić information content (AvgIpc) is 3.53. The smallest absolute Gasteiger partial charge is 0.0555 e. The van der Waals surface area contributed by atoms with Crippen molar-refractivity contribution in [2.45, 2.75) is 0 Å². The quantitative estimate of drug-likeness (QED) is 0.196. The lowest BCUT2D eigenvalue weighted by atomic mass is 9.98.